The lowest BCUT2D eigenvalue weighted by molar-refractivity contribution is 0.114. The van der Waals surface area contributed by atoms with Crippen molar-refractivity contribution in [2.75, 3.05) is 0 Å². The lowest BCUT2D eigenvalue weighted by Gasteiger charge is -2.26. The summed E-state index contributed by atoms with van der Waals surface area (Å²) < 4.78 is 13.0. The molecule has 0 aliphatic rings. The molecule has 0 unspecified atom stereocenters. The van der Waals surface area contributed by atoms with Crippen molar-refractivity contribution in [2.24, 2.45) is 11.3 Å². The standard InChI is InChI=1S/C8H17F/c1-6(2)7(9)8(3,4)5/h6-7H,1-5H3/t7-/m0/s1. The molecule has 0 radical (unpaired) electrons. The fourth-order valence-corrected chi connectivity index (χ4v) is 1.00. The third-order valence-corrected chi connectivity index (χ3v) is 1.41. The molecule has 0 nitrogen and oxygen atoms in total. The third-order valence-electron chi connectivity index (χ3n) is 1.41. The lowest BCUT2D eigenvalue weighted by atomic mass is 9.84. The Balaban J connectivity index is 3.88. The maximum absolute atomic E-state index is 13.0. The fraction of sp³-hybridized carbons (Fsp3) is 1.00. The number of rotatable bonds is 1. The molecule has 0 aromatic heterocycles. The van der Waals surface area contributed by atoms with Crippen LogP contribution < -0.4 is 0 Å². The largest absolute Gasteiger partial charge is 0.247 e. The molecule has 56 valence electrons. The molecular formula is C8H17F. The molecule has 0 spiro atoms. The summed E-state index contributed by atoms with van der Waals surface area (Å²) in [7, 11) is 0. The molecule has 0 heterocycles. The van der Waals surface area contributed by atoms with Crippen molar-refractivity contribution in [3.8, 4) is 0 Å². The Labute approximate surface area is 57.5 Å². The summed E-state index contributed by atoms with van der Waals surface area (Å²) in [6, 6.07) is 0. The maximum Gasteiger partial charge on any atom is 0.107 e. The Morgan fingerprint density at radius 2 is 1.44 bits per heavy atom. The summed E-state index contributed by atoms with van der Waals surface area (Å²) in [5.74, 6) is 0.144. The van der Waals surface area contributed by atoms with Crippen LogP contribution in [0.1, 0.15) is 34.6 Å². The van der Waals surface area contributed by atoms with Gasteiger partial charge in [-0.25, -0.2) is 4.39 Å². The summed E-state index contributed by atoms with van der Waals surface area (Å²) >= 11 is 0. The summed E-state index contributed by atoms with van der Waals surface area (Å²) in [6.07, 6.45) is -0.683. The average molecular weight is 132 g/mol. The predicted molar refractivity (Wildman–Crippen MR) is 39.2 cm³/mol. The smallest absolute Gasteiger partial charge is 0.107 e. The van der Waals surface area contributed by atoms with E-state index in [4.69, 9.17) is 0 Å². The van der Waals surface area contributed by atoms with E-state index in [-0.39, 0.29) is 11.3 Å². The minimum absolute atomic E-state index is 0.144. The first-order chi connectivity index (χ1) is 3.85. The number of halogens is 1. The molecule has 0 aliphatic carbocycles. The molecule has 0 N–H and O–H groups in total. The molecule has 0 aliphatic heterocycles. The molecule has 9 heavy (non-hydrogen) atoms. The second kappa shape index (κ2) is 2.68. The van der Waals surface area contributed by atoms with Crippen LogP contribution in [0.5, 0.6) is 0 Å². The summed E-state index contributed by atoms with van der Waals surface area (Å²) in [5.41, 5.74) is -0.186. The van der Waals surface area contributed by atoms with Gasteiger partial charge in [-0.3, -0.25) is 0 Å². The monoisotopic (exact) mass is 132 g/mol. The zero-order chi connectivity index (χ0) is 7.65. The topological polar surface area (TPSA) is 0 Å². The van der Waals surface area contributed by atoms with Crippen molar-refractivity contribution < 1.29 is 4.39 Å². The molecular weight excluding hydrogens is 115 g/mol. The van der Waals surface area contributed by atoms with Crippen LogP contribution in [0, 0.1) is 11.3 Å². The van der Waals surface area contributed by atoms with Crippen LogP contribution in [0.3, 0.4) is 0 Å². The summed E-state index contributed by atoms with van der Waals surface area (Å²) in [6.45, 7) is 9.61. The highest BCUT2D eigenvalue weighted by Gasteiger charge is 2.26. The Bertz CT molecular complexity index is 79.1. The molecule has 1 atom stereocenters. The minimum Gasteiger partial charge on any atom is -0.247 e. The van der Waals surface area contributed by atoms with E-state index < -0.39 is 6.17 Å². The van der Waals surface area contributed by atoms with Crippen molar-refractivity contribution in [3.63, 3.8) is 0 Å². The SMILES string of the molecule is CC(C)[C@H](F)C(C)(C)C. The number of hydrogen-bond acceptors (Lipinski definition) is 0. The van der Waals surface area contributed by atoms with Crippen LogP contribution in [0.2, 0.25) is 0 Å². The lowest BCUT2D eigenvalue weighted by Crippen LogP contribution is -2.26. The van der Waals surface area contributed by atoms with Crippen molar-refractivity contribution in [2.45, 2.75) is 40.8 Å². The zero-order valence-corrected chi connectivity index (χ0v) is 7.03. The van der Waals surface area contributed by atoms with Crippen molar-refractivity contribution in [1.29, 1.82) is 0 Å². The number of hydrogen-bond donors (Lipinski definition) is 0. The van der Waals surface area contributed by atoms with Crippen LogP contribution in [0.25, 0.3) is 0 Å². The summed E-state index contributed by atoms with van der Waals surface area (Å²) in [4.78, 5) is 0. The van der Waals surface area contributed by atoms with E-state index in [1.807, 2.05) is 34.6 Å². The van der Waals surface area contributed by atoms with Gasteiger partial charge >= 0.3 is 0 Å². The van der Waals surface area contributed by atoms with E-state index in [0.29, 0.717) is 0 Å². The molecule has 0 aromatic rings. The highest BCUT2D eigenvalue weighted by atomic mass is 19.1. The van der Waals surface area contributed by atoms with E-state index in [9.17, 15) is 4.39 Å². The highest BCUT2D eigenvalue weighted by molar-refractivity contribution is 4.75. The molecule has 0 saturated heterocycles. The van der Waals surface area contributed by atoms with Crippen molar-refractivity contribution in [1.82, 2.24) is 0 Å². The Kier molecular flexibility index (Phi) is 2.66. The summed E-state index contributed by atoms with van der Waals surface area (Å²) in [5, 5.41) is 0. The Morgan fingerprint density at radius 3 is 1.44 bits per heavy atom. The molecule has 0 bridgehead atoms. The van der Waals surface area contributed by atoms with Crippen molar-refractivity contribution >= 4 is 0 Å². The van der Waals surface area contributed by atoms with Crippen LogP contribution in [-0.2, 0) is 0 Å². The Hall–Kier alpha value is -0.0700. The molecule has 0 rings (SSSR count). The van der Waals surface area contributed by atoms with E-state index >= 15 is 0 Å². The van der Waals surface area contributed by atoms with Gasteiger partial charge in [0.2, 0.25) is 0 Å². The normalized spacial score (nSPS) is 16.3. The fourth-order valence-electron chi connectivity index (χ4n) is 1.00. The first-order valence-electron chi connectivity index (χ1n) is 3.49. The minimum atomic E-state index is -0.683. The van der Waals surface area contributed by atoms with E-state index in [0.717, 1.165) is 0 Å². The van der Waals surface area contributed by atoms with Crippen LogP contribution in [0.15, 0.2) is 0 Å². The molecule has 1 heteroatoms. The van der Waals surface area contributed by atoms with E-state index in [1.54, 1.807) is 0 Å². The number of alkyl halides is 1. The van der Waals surface area contributed by atoms with E-state index in [2.05, 4.69) is 0 Å². The van der Waals surface area contributed by atoms with Gasteiger partial charge < -0.3 is 0 Å². The molecule has 0 aromatic carbocycles. The van der Waals surface area contributed by atoms with Crippen molar-refractivity contribution in [3.05, 3.63) is 0 Å². The van der Waals surface area contributed by atoms with Gasteiger partial charge in [0.1, 0.15) is 6.17 Å². The van der Waals surface area contributed by atoms with Gasteiger partial charge in [0.15, 0.2) is 0 Å². The first kappa shape index (κ1) is 8.93. The quantitative estimate of drug-likeness (QED) is 0.514. The van der Waals surface area contributed by atoms with Gasteiger partial charge in [-0.2, -0.15) is 0 Å². The highest BCUT2D eigenvalue weighted by Crippen LogP contribution is 2.27. The van der Waals surface area contributed by atoms with Gasteiger partial charge in [0, 0.05) is 0 Å². The second-order valence-corrected chi connectivity index (χ2v) is 4.01. The van der Waals surface area contributed by atoms with Crippen LogP contribution >= 0.6 is 0 Å². The average Bonchev–Trinajstić information content (AvgIpc) is 1.62. The maximum atomic E-state index is 13.0. The molecule has 0 fully saturated rings. The second-order valence-electron chi connectivity index (χ2n) is 4.01. The molecule has 0 saturated carbocycles. The van der Waals surface area contributed by atoms with E-state index in [1.165, 1.54) is 0 Å². The predicted octanol–water partition coefficient (Wildman–Crippen LogP) is 3.03. The first-order valence-corrected chi connectivity index (χ1v) is 3.49. The molecule has 0 amide bonds. The zero-order valence-electron chi connectivity index (χ0n) is 7.03. The van der Waals surface area contributed by atoms with Gasteiger partial charge in [-0.1, -0.05) is 34.6 Å². The van der Waals surface area contributed by atoms with Crippen LogP contribution in [0.4, 0.5) is 4.39 Å². The Morgan fingerprint density at radius 1 is 1.11 bits per heavy atom. The third kappa shape index (κ3) is 2.83. The van der Waals surface area contributed by atoms with Gasteiger partial charge in [0.05, 0.1) is 0 Å². The van der Waals surface area contributed by atoms with Crippen LogP contribution in [-0.4, -0.2) is 6.17 Å². The van der Waals surface area contributed by atoms with Gasteiger partial charge in [-0.05, 0) is 11.3 Å². The van der Waals surface area contributed by atoms with Gasteiger partial charge in [-0.15, -0.1) is 0 Å². The van der Waals surface area contributed by atoms with Gasteiger partial charge in [0.25, 0.3) is 0 Å².